The molecule has 0 radical (unpaired) electrons. The number of non-ortho nitro benzene ring substituents is 1. The summed E-state index contributed by atoms with van der Waals surface area (Å²) >= 11 is 0. The molecule has 2 rings (SSSR count). The van der Waals surface area contributed by atoms with Gasteiger partial charge in [0.1, 0.15) is 13.2 Å². The van der Waals surface area contributed by atoms with Crippen molar-refractivity contribution in [2.24, 2.45) is 0 Å². The number of nitro groups is 1. The topological polar surface area (TPSA) is 147 Å². The highest BCUT2D eigenvalue weighted by atomic mass is 16.6. The van der Waals surface area contributed by atoms with Crippen LogP contribution in [-0.4, -0.2) is 78.6 Å². The molecule has 0 amide bonds. The van der Waals surface area contributed by atoms with E-state index in [1.807, 2.05) is 21.1 Å². The van der Waals surface area contributed by atoms with Gasteiger partial charge in [-0.25, -0.2) is 4.63 Å². The first kappa shape index (κ1) is 40.6. The van der Waals surface area contributed by atoms with Crippen molar-refractivity contribution in [1.29, 1.82) is 0 Å². The van der Waals surface area contributed by atoms with Crippen LogP contribution in [0.5, 0.6) is 0 Å². The Kier molecular flexibility index (Phi) is 20.1. The van der Waals surface area contributed by atoms with E-state index in [1.165, 1.54) is 63.9 Å². The molecule has 12 heteroatoms. The average molecular weight is 675 g/mol. The van der Waals surface area contributed by atoms with Crippen molar-refractivity contribution in [2.45, 2.75) is 129 Å². The first-order valence-electron chi connectivity index (χ1n) is 18.0. The summed E-state index contributed by atoms with van der Waals surface area (Å²) in [5, 5.41) is 21.8. The summed E-state index contributed by atoms with van der Waals surface area (Å²) in [5.41, 5.74) is 0.854. The predicted molar refractivity (Wildman–Crippen MR) is 189 cm³/mol. The van der Waals surface area contributed by atoms with Crippen LogP contribution in [0.15, 0.2) is 28.9 Å². The minimum atomic E-state index is -0.523. The molecule has 48 heavy (non-hydrogen) atoms. The molecule has 270 valence electrons. The Balaban J connectivity index is 1.55. The molecule has 1 aromatic heterocycles. The van der Waals surface area contributed by atoms with Gasteiger partial charge in [0.15, 0.2) is 11.6 Å². The van der Waals surface area contributed by atoms with Crippen molar-refractivity contribution in [3.05, 3.63) is 34.4 Å². The molecule has 0 saturated heterocycles. The molecule has 0 aliphatic carbocycles. The summed E-state index contributed by atoms with van der Waals surface area (Å²) in [6.45, 7) is 3.45. The van der Waals surface area contributed by atoms with E-state index >= 15 is 0 Å². The number of fused-ring (bicyclic) bond motifs is 1. The van der Waals surface area contributed by atoms with Crippen LogP contribution in [0, 0.1) is 10.1 Å². The first-order chi connectivity index (χ1) is 23.1. The largest absolute Gasteiger partial charge is 0.461 e. The maximum atomic E-state index is 12.6. The fourth-order valence-electron chi connectivity index (χ4n) is 5.52. The molecular weight excluding hydrogens is 614 g/mol. The number of allylic oxidation sites excluding steroid dienone is 2. The molecule has 0 spiro atoms. The molecule has 0 saturated carbocycles. The lowest BCUT2D eigenvalue weighted by molar-refractivity contribution is -0.873. The van der Waals surface area contributed by atoms with E-state index in [1.54, 1.807) is 6.07 Å². The Morgan fingerprint density at radius 1 is 0.854 bits per heavy atom. The number of carbonyl (C=O) groups is 2. The average Bonchev–Trinajstić information content (AvgIpc) is 3.53. The molecule has 0 bridgehead atoms. The molecule has 1 atom stereocenters. The van der Waals surface area contributed by atoms with Crippen molar-refractivity contribution in [1.82, 2.24) is 10.3 Å². The molecule has 1 heterocycles. The van der Waals surface area contributed by atoms with Crippen LogP contribution in [0.4, 0.5) is 11.4 Å². The van der Waals surface area contributed by atoms with Crippen molar-refractivity contribution < 1.29 is 33.1 Å². The number of quaternary nitrogens is 1. The van der Waals surface area contributed by atoms with Crippen LogP contribution in [0.3, 0.4) is 0 Å². The second-order valence-electron chi connectivity index (χ2n) is 13.7. The zero-order chi connectivity index (χ0) is 35.0. The van der Waals surface area contributed by atoms with Gasteiger partial charge >= 0.3 is 17.6 Å². The molecule has 1 aromatic carbocycles. The summed E-state index contributed by atoms with van der Waals surface area (Å²) in [6.07, 6.45) is 22.7. The number of likely N-dealkylation sites (N-methyl/N-ethyl adjacent to an activating group) is 1. The van der Waals surface area contributed by atoms with Crippen LogP contribution < -0.4 is 5.32 Å². The van der Waals surface area contributed by atoms with Gasteiger partial charge in [0.2, 0.25) is 5.52 Å². The molecule has 0 aliphatic rings. The Labute approximate surface area is 286 Å². The van der Waals surface area contributed by atoms with Gasteiger partial charge in [-0.15, -0.1) is 0 Å². The van der Waals surface area contributed by atoms with Crippen molar-refractivity contribution in [3.8, 4) is 0 Å². The Hall–Kier alpha value is -3.54. The van der Waals surface area contributed by atoms with Gasteiger partial charge in [0.25, 0.3) is 0 Å². The van der Waals surface area contributed by atoms with Gasteiger partial charge in [-0.05, 0) is 61.3 Å². The van der Waals surface area contributed by atoms with Crippen molar-refractivity contribution in [2.75, 3.05) is 46.2 Å². The van der Waals surface area contributed by atoms with Gasteiger partial charge in [-0.2, -0.15) is 0 Å². The fourth-order valence-corrected chi connectivity index (χ4v) is 5.52. The monoisotopic (exact) mass is 674 g/mol. The molecule has 2 aromatic rings. The Morgan fingerprint density at radius 2 is 1.44 bits per heavy atom. The summed E-state index contributed by atoms with van der Waals surface area (Å²) in [6, 6.07) is 2.95. The minimum Gasteiger partial charge on any atom is -0.461 e. The van der Waals surface area contributed by atoms with E-state index in [0.29, 0.717) is 41.6 Å². The lowest BCUT2D eigenvalue weighted by Crippen LogP contribution is -2.45. The van der Waals surface area contributed by atoms with Gasteiger partial charge in [-0.1, -0.05) is 76.9 Å². The Bertz CT molecular complexity index is 1240. The predicted octanol–water partition coefficient (Wildman–Crippen LogP) is 8.30. The van der Waals surface area contributed by atoms with Crippen molar-refractivity contribution in [3.63, 3.8) is 0 Å². The highest BCUT2D eigenvalue weighted by molar-refractivity contribution is 5.93. The summed E-state index contributed by atoms with van der Waals surface area (Å²) in [5.74, 6) is -0.547. The number of unbranched alkanes of at least 4 members (excludes halogenated alkanes) is 13. The second-order valence-corrected chi connectivity index (χ2v) is 13.7. The number of benzene rings is 1. The third kappa shape index (κ3) is 18.1. The van der Waals surface area contributed by atoms with Crippen LogP contribution in [0.1, 0.15) is 122 Å². The molecule has 12 nitrogen and oxygen atoms in total. The number of anilines is 1. The molecule has 0 aliphatic heterocycles. The summed E-state index contributed by atoms with van der Waals surface area (Å²) in [4.78, 5) is 35.6. The SMILES string of the molecule is CCCCCCCC/C=C/CCCCCCCC(=O)OCC(C[N+](C)(C)C)OC(=O)CCCCCNc1ccc([N+](=O)[O-])c2nonc12. The maximum absolute atomic E-state index is 12.6. The third-order valence-electron chi connectivity index (χ3n) is 8.09. The van der Waals surface area contributed by atoms with E-state index in [4.69, 9.17) is 9.47 Å². The van der Waals surface area contributed by atoms with Gasteiger partial charge in [-0.3, -0.25) is 19.7 Å². The lowest BCUT2D eigenvalue weighted by atomic mass is 10.1. The van der Waals surface area contributed by atoms with Crippen LogP contribution >= 0.6 is 0 Å². The number of carbonyl (C=O) groups excluding carboxylic acids is 2. The zero-order valence-corrected chi connectivity index (χ0v) is 29.9. The number of ether oxygens (including phenoxy) is 2. The number of hydrogen-bond acceptors (Lipinski definition) is 10. The standard InChI is InChI=1S/C36H60N5O7/c1-5-6-7-8-9-10-11-12-13-14-15-16-17-18-20-23-33(42)46-29-30(28-41(2,3)4)47-34(43)24-21-19-22-27-37-31-25-26-32(40(44)45)36-35(31)38-48-39-36/h12-13,25-26,30,37H,5-11,14-24,27-29H2,1-4H3/q+1/b13-12+. The first-order valence-corrected chi connectivity index (χ1v) is 18.0. The van der Waals surface area contributed by atoms with Crippen LogP contribution in [-0.2, 0) is 19.1 Å². The van der Waals surface area contributed by atoms with Crippen LogP contribution in [0.25, 0.3) is 11.0 Å². The maximum Gasteiger partial charge on any atom is 0.306 e. The number of aromatic nitrogens is 2. The van der Waals surface area contributed by atoms with Crippen molar-refractivity contribution >= 4 is 34.3 Å². The van der Waals surface area contributed by atoms with Gasteiger partial charge in [0.05, 0.1) is 31.8 Å². The third-order valence-corrected chi connectivity index (χ3v) is 8.09. The van der Waals surface area contributed by atoms with Crippen LogP contribution in [0.2, 0.25) is 0 Å². The number of nitrogens with zero attached hydrogens (tertiary/aromatic N) is 4. The molecule has 1 N–H and O–H groups in total. The van der Waals surface area contributed by atoms with Gasteiger partial charge in [0, 0.05) is 25.5 Å². The van der Waals surface area contributed by atoms with Gasteiger partial charge < -0.3 is 19.3 Å². The smallest absolute Gasteiger partial charge is 0.306 e. The number of rotatable bonds is 28. The van der Waals surface area contributed by atoms with E-state index < -0.39 is 11.0 Å². The summed E-state index contributed by atoms with van der Waals surface area (Å²) in [7, 11) is 6.03. The van der Waals surface area contributed by atoms with E-state index in [0.717, 1.165) is 38.5 Å². The Morgan fingerprint density at radius 3 is 2.08 bits per heavy atom. The lowest BCUT2D eigenvalue weighted by Gasteiger charge is -2.28. The second kappa shape index (κ2) is 23.7. The number of esters is 2. The summed E-state index contributed by atoms with van der Waals surface area (Å²) < 4.78 is 16.5. The fraction of sp³-hybridized carbons (Fsp3) is 0.722. The molecule has 0 fully saturated rings. The quantitative estimate of drug-likeness (QED) is 0.0233. The highest BCUT2D eigenvalue weighted by Gasteiger charge is 2.24. The van der Waals surface area contributed by atoms with E-state index in [-0.39, 0.29) is 36.2 Å². The highest BCUT2D eigenvalue weighted by Crippen LogP contribution is 2.28. The van der Waals surface area contributed by atoms with E-state index in [9.17, 15) is 19.7 Å². The number of nitro benzene ring substituents is 1. The molecular formula is C36H60N5O7+. The minimum absolute atomic E-state index is 0.0652. The number of nitrogens with one attached hydrogen (secondary N) is 1. The number of hydrogen-bond donors (Lipinski definition) is 1. The van der Waals surface area contributed by atoms with E-state index in [2.05, 4.69) is 39.3 Å². The zero-order valence-electron chi connectivity index (χ0n) is 29.9. The normalized spacial score (nSPS) is 12.4. The molecule has 1 unspecified atom stereocenters.